The van der Waals surface area contributed by atoms with E-state index in [0.29, 0.717) is 10.6 Å². The third-order valence-electron chi connectivity index (χ3n) is 4.48. The number of hydrogen-bond acceptors (Lipinski definition) is 3. The average Bonchev–Trinajstić information content (AvgIpc) is 3.18. The van der Waals surface area contributed by atoms with Crippen molar-refractivity contribution in [1.82, 2.24) is 19.9 Å². The van der Waals surface area contributed by atoms with E-state index in [-0.39, 0.29) is 11.8 Å². The molecule has 146 valence electrons. The predicted molar refractivity (Wildman–Crippen MR) is 118 cm³/mol. The van der Waals surface area contributed by atoms with Gasteiger partial charge in [-0.3, -0.25) is 0 Å². The summed E-state index contributed by atoms with van der Waals surface area (Å²) in [7, 11) is 1.52. The van der Waals surface area contributed by atoms with Crippen molar-refractivity contribution < 1.29 is 4.79 Å². The summed E-state index contributed by atoms with van der Waals surface area (Å²) < 4.78 is 1.76. The van der Waals surface area contributed by atoms with Crippen LogP contribution in [-0.2, 0) is 0 Å². The molecule has 1 heterocycles. The fourth-order valence-electron chi connectivity index (χ4n) is 2.91. The molecule has 7 heteroatoms. The molecule has 0 spiro atoms. The van der Waals surface area contributed by atoms with Crippen LogP contribution in [0, 0.1) is 12.3 Å². The number of hydrogen-bond donors (Lipinski definition) is 1. The molecule has 1 aromatic heterocycles. The molecule has 0 aliphatic heterocycles. The quantitative estimate of drug-likeness (QED) is 0.649. The number of rotatable bonds is 5. The number of carbonyl (C=O) groups excluding carboxylic acids is 1. The van der Waals surface area contributed by atoms with E-state index in [4.69, 9.17) is 18.0 Å². The van der Waals surface area contributed by atoms with Gasteiger partial charge >= 0.3 is 177 Å². The van der Waals surface area contributed by atoms with Gasteiger partial charge in [0.15, 0.2) is 0 Å². The molecule has 1 N–H and O–H groups in total. The topological polar surface area (TPSA) is 59.8 Å². The van der Waals surface area contributed by atoms with Gasteiger partial charge in [-0.05, 0) is 0 Å². The van der Waals surface area contributed by atoms with Crippen LogP contribution in [0.25, 0.3) is 16.8 Å². The van der Waals surface area contributed by atoms with Gasteiger partial charge in [-0.1, -0.05) is 0 Å². The zero-order valence-corrected chi connectivity index (χ0v) is 17.7. The molecule has 0 saturated heterocycles. The van der Waals surface area contributed by atoms with E-state index in [1.807, 2.05) is 50.2 Å². The molecule has 29 heavy (non-hydrogen) atoms. The van der Waals surface area contributed by atoms with E-state index >= 15 is 0 Å². The molecular weight excluding hydrogens is 383 g/mol. The Morgan fingerprint density at radius 1 is 1.21 bits per heavy atom. The summed E-state index contributed by atoms with van der Waals surface area (Å²) >= 11 is 6.03. The van der Waals surface area contributed by atoms with Crippen LogP contribution >= 0.6 is 11.6 Å². The molecule has 0 aliphatic rings. The van der Waals surface area contributed by atoms with E-state index < -0.39 is 5.54 Å². The Kier molecular flexibility index (Phi) is 5.90. The second kappa shape index (κ2) is 8.22. The van der Waals surface area contributed by atoms with E-state index in [0.717, 1.165) is 22.6 Å². The Balaban J connectivity index is 2.14. The number of nitrogens with one attached hydrogen (secondary N) is 1. The summed E-state index contributed by atoms with van der Waals surface area (Å²) in [5.74, 6) is 3.32. The number of amides is 1. The van der Waals surface area contributed by atoms with Gasteiger partial charge in [-0.15, -0.1) is 0 Å². The van der Waals surface area contributed by atoms with Crippen molar-refractivity contribution in [1.29, 1.82) is 0 Å². The number of aromatic nitrogens is 3. The van der Waals surface area contributed by atoms with Gasteiger partial charge in [0.05, 0.1) is 0 Å². The molecule has 0 aliphatic carbocycles. The van der Waals surface area contributed by atoms with Gasteiger partial charge < -0.3 is 0 Å². The molecule has 0 fully saturated rings. The first-order valence-electron chi connectivity index (χ1n) is 9.32. The molecule has 2 aromatic carbocycles. The summed E-state index contributed by atoms with van der Waals surface area (Å²) in [6.07, 6.45) is 5.53. The van der Waals surface area contributed by atoms with Crippen LogP contribution in [0.2, 0.25) is 5.02 Å². The van der Waals surface area contributed by atoms with E-state index in [9.17, 15) is 4.79 Å². The molecule has 0 atom stereocenters. The van der Waals surface area contributed by atoms with Crippen molar-refractivity contribution in [3.63, 3.8) is 0 Å². The molecule has 0 bridgehead atoms. The first kappa shape index (κ1) is 20.8. The molecule has 3 rings (SSSR count). The van der Waals surface area contributed by atoms with Gasteiger partial charge in [0, 0.05) is 0 Å². The second-order valence-electron chi connectivity index (χ2n) is 7.68. The van der Waals surface area contributed by atoms with Gasteiger partial charge in [-0.2, -0.15) is 0 Å². The van der Waals surface area contributed by atoms with Gasteiger partial charge in [-0.25, -0.2) is 0 Å². The fourth-order valence-corrected chi connectivity index (χ4v) is 3.03. The van der Waals surface area contributed by atoms with Crippen molar-refractivity contribution >= 4 is 24.7 Å². The Morgan fingerprint density at radius 2 is 1.90 bits per heavy atom. The monoisotopic (exact) mass is 404 g/mol. The fraction of sp³-hybridized carbons (Fsp3) is 0.273. The minimum absolute atomic E-state index is 0.175. The van der Waals surface area contributed by atoms with Crippen LogP contribution in [0.4, 0.5) is 0 Å². The molecule has 1 amide bonds. The number of nitrogens with zero attached hydrogens (tertiary/aromatic N) is 3. The summed E-state index contributed by atoms with van der Waals surface area (Å²) in [5.41, 5.74) is 2.29. The van der Waals surface area contributed by atoms with Crippen LogP contribution in [0.1, 0.15) is 49.8 Å². The van der Waals surface area contributed by atoms with Crippen molar-refractivity contribution in [2.45, 2.75) is 39.2 Å². The number of terminal acetylenes is 1. The van der Waals surface area contributed by atoms with Crippen molar-refractivity contribution in [2.75, 3.05) is 0 Å². The second-order valence-corrected chi connectivity index (χ2v) is 8.12. The maximum atomic E-state index is 12.9. The van der Waals surface area contributed by atoms with Crippen LogP contribution < -0.4 is 5.32 Å². The SMILES string of the molecule is C#CC(C)(C)NC(=O)c1cc(-c2ccc(Cl)cc2)cc(-n2nbnc2C(C)C)c1. The summed E-state index contributed by atoms with van der Waals surface area (Å²) in [4.78, 5) is 17.3. The minimum atomic E-state index is -0.760. The molecular formula is C22H22BClN4O. The standard InChI is InChI=1S/C22H22BClN4O/c1-6-22(4,5)25-21(29)17-11-16(15-7-9-18(24)10-8-15)12-19(13-17)28-20(14(2)3)26-23-27-28/h1,7-14H,2-5H3,(H,25,29). The van der Waals surface area contributed by atoms with E-state index in [2.05, 4.69) is 21.1 Å². The molecule has 5 nitrogen and oxygen atoms in total. The summed E-state index contributed by atoms with van der Waals surface area (Å²) in [5, 5.41) is 7.90. The van der Waals surface area contributed by atoms with Gasteiger partial charge in [0.2, 0.25) is 0 Å². The Hall–Kier alpha value is -2.91. The number of carbonyl (C=O) groups is 1. The summed E-state index contributed by atoms with van der Waals surface area (Å²) in [6.45, 7) is 7.66. The van der Waals surface area contributed by atoms with Crippen molar-refractivity contribution in [2.24, 2.45) is 0 Å². The first-order chi connectivity index (χ1) is 13.7. The molecule has 3 aromatic rings. The van der Waals surface area contributed by atoms with Gasteiger partial charge in [0.1, 0.15) is 0 Å². The Morgan fingerprint density at radius 3 is 2.52 bits per heavy atom. The van der Waals surface area contributed by atoms with Gasteiger partial charge in [0.25, 0.3) is 0 Å². The Labute approximate surface area is 176 Å². The zero-order chi connectivity index (χ0) is 21.2. The van der Waals surface area contributed by atoms with E-state index in [1.165, 1.54) is 7.19 Å². The normalized spacial score (nSPS) is 11.2. The first-order valence-corrected chi connectivity index (χ1v) is 9.69. The van der Waals surface area contributed by atoms with Crippen LogP contribution in [0.3, 0.4) is 0 Å². The van der Waals surface area contributed by atoms with Crippen LogP contribution in [0.5, 0.6) is 0 Å². The average molecular weight is 405 g/mol. The van der Waals surface area contributed by atoms with E-state index in [1.54, 1.807) is 24.6 Å². The molecule has 0 saturated carbocycles. The van der Waals surface area contributed by atoms with Crippen LogP contribution in [0.15, 0.2) is 42.5 Å². The van der Waals surface area contributed by atoms with Crippen molar-refractivity contribution in [3.8, 4) is 29.2 Å². The molecule has 0 radical (unpaired) electrons. The zero-order valence-electron chi connectivity index (χ0n) is 16.9. The predicted octanol–water partition coefficient (Wildman–Crippen LogP) is 4.19. The Bertz CT molecular complexity index is 1080. The summed E-state index contributed by atoms with van der Waals surface area (Å²) in [6, 6.07) is 13.1. The maximum absolute atomic E-state index is 12.9. The third kappa shape index (κ3) is 4.75. The third-order valence-corrected chi connectivity index (χ3v) is 4.73. The number of halogens is 1. The van der Waals surface area contributed by atoms with Crippen LogP contribution in [-0.4, -0.2) is 33.2 Å². The molecule has 0 unspecified atom stereocenters. The van der Waals surface area contributed by atoms with Crippen molar-refractivity contribution in [3.05, 3.63) is 58.9 Å². The number of benzene rings is 2.